The molecule has 118 valence electrons. The molecule has 1 aliphatic carbocycles. The second-order valence-electron chi connectivity index (χ2n) is 5.84. The van der Waals surface area contributed by atoms with Crippen molar-refractivity contribution in [2.24, 2.45) is 0 Å². The average Bonchev–Trinajstić information content (AvgIpc) is 2.54. The summed E-state index contributed by atoms with van der Waals surface area (Å²) >= 11 is 0. The van der Waals surface area contributed by atoms with Gasteiger partial charge in [-0.15, -0.1) is 0 Å². The molecule has 0 aliphatic heterocycles. The normalized spacial score (nSPS) is 25.6. The molecule has 2 atom stereocenters. The molecule has 0 spiro atoms. The van der Waals surface area contributed by atoms with Crippen LogP contribution in [0.3, 0.4) is 0 Å². The van der Waals surface area contributed by atoms with E-state index in [-0.39, 0.29) is 18.2 Å². The lowest BCUT2D eigenvalue weighted by molar-refractivity contribution is 0.0554. The maximum absolute atomic E-state index is 9.61. The zero-order chi connectivity index (χ0) is 15.1. The van der Waals surface area contributed by atoms with Gasteiger partial charge in [-0.25, -0.2) is 0 Å². The number of hydrogen-bond acceptors (Lipinski definition) is 4. The summed E-state index contributed by atoms with van der Waals surface area (Å²) in [6.07, 6.45) is 5.12. The molecule has 4 heteroatoms. The van der Waals surface area contributed by atoms with E-state index in [1.807, 2.05) is 31.3 Å². The number of benzene rings is 1. The standard InChI is InChI=1S/C17H27NO3/c1-3-11-20-14-6-8-15(9-7-14)21-16-5-4-10-17(12-16,13-19)18-2/h6-9,16,18-19H,3-5,10-13H2,1-2H3. The number of likely N-dealkylation sites (N-methyl/N-ethyl adjacent to an activating group) is 1. The van der Waals surface area contributed by atoms with Crippen LogP contribution in [0.15, 0.2) is 24.3 Å². The zero-order valence-corrected chi connectivity index (χ0v) is 13.1. The fraction of sp³-hybridized carbons (Fsp3) is 0.647. The molecule has 1 aromatic rings. The van der Waals surface area contributed by atoms with Crippen LogP contribution in [0.25, 0.3) is 0 Å². The molecular weight excluding hydrogens is 266 g/mol. The Kier molecular flexibility index (Phi) is 5.88. The average molecular weight is 293 g/mol. The van der Waals surface area contributed by atoms with E-state index in [4.69, 9.17) is 9.47 Å². The number of ether oxygens (including phenoxy) is 2. The van der Waals surface area contributed by atoms with Crippen molar-refractivity contribution in [3.63, 3.8) is 0 Å². The first-order valence-corrected chi connectivity index (χ1v) is 7.90. The first-order chi connectivity index (χ1) is 10.2. The molecule has 21 heavy (non-hydrogen) atoms. The minimum Gasteiger partial charge on any atom is -0.494 e. The van der Waals surface area contributed by atoms with Crippen LogP contribution in [0.2, 0.25) is 0 Å². The van der Waals surface area contributed by atoms with Gasteiger partial charge < -0.3 is 19.9 Å². The quantitative estimate of drug-likeness (QED) is 0.811. The van der Waals surface area contributed by atoms with Gasteiger partial charge in [0.25, 0.3) is 0 Å². The van der Waals surface area contributed by atoms with E-state index >= 15 is 0 Å². The largest absolute Gasteiger partial charge is 0.494 e. The van der Waals surface area contributed by atoms with Crippen LogP contribution in [-0.4, -0.2) is 37.0 Å². The molecule has 0 aromatic heterocycles. The summed E-state index contributed by atoms with van der Waals surface area (Å²) in [6, 6.07) is 7.82. The van der Waals surface area contributed by atoms with Crippen LogP contribution >= 0.6 is 0 Å². The van der Waals surface area contributed by atoms with E-state index < -0.39 is 0 Å². The third-order valence-electron chi connectivity index (χ3n) is 4.23. The van der Waals surface area contributed by atoms with Gasteiger partial charge in [0.2, 0.25) is 0 Å². The lowest BCUT2D eigenvalue weighted by Gasteiger charge is -2.39. The smallest absolute Gasteiger partial charge is 0.119 e. The van der Waals surface area contributed by atoms with Crippen LogP contribution in [-0.2, 0) is 0 Å². The molecule has 1 saturated carbocycles. The summed E-state index contributed by atoms with van der Waals surface area (Å²) in [6.45, 7) is 2.99. The molecule has 0 heterocycles. The Morgan fingerprint density at radius 1 is 1.29 bits per heavy atom. The van der Waals surface area contributed by atoms with E-state index in [1.54, 1.807) is 0 Å². The molecule has 0 amide bonds. The summed E-state index contributed by atoms with van der Waals surface area (Å²) in [5.74, 6) is 1.75. The van der Waals surface area contributed by atoms with Crippen LogP contribution < -0.4 is 14.8 Å². The van der Waals surface area contributed by atoms with Gasteiger partial charge in [-0.05, 0) is 57.0 Å². The van der Waals surface area contributed by atoms with Gasteiger partial charge in [-0.1, -0.05) is 6.92 Å². The van der Waals surface area contributed by atoms with Crippen LogP contribution in [0.4, 0.5) is 0 Å². The summed E-state index contributed by atoms with van der Waals surface area (Å²) in [7, 11) is 1.92. The van der Waals surface area contributed by atoms with Crippen molar-refractivity contribution in [3.8, 4) is 11.5 Å². The lowest BCUT2D eigenvalue weighted by Crippen LogP contribution is -2.52. The van der Waals surface area contributed by atoms with Gasteiger partial charge >= 0.3 is 0 Å². The number of nitrogens with one attached hydrogen (secondary N) is 1. The Bertz CT molecular complexity index is 415. The van der Waals surface area contributed by atoms with Crippen LogP contribution in [0, 0.1) is 0 Å². The van der Waals surface area contributed by atoms with Gasteiger partial charge in [0.15, 0.2) is 0 Å². The number of aliphatic hydroxyl groups excluding tert-OH is 1. The molecule has 2 unspecified atom stereocenters. The summed E-state index contributed by atoms with van der Waals surface area (Å²) in [5.41, 5.74) is -0.187. The van der Waals surface area contributed by atoms with Crippen LogP contribution in [0.5, 0.6) is 11.5 Å². The van der Waals surface area contributed by atoms with Crippen molar-refractivity contribution in [2.45, 2.75) is 50.7 Å². The molecule has 4 nitrogen and oxygen atoms in total. The fourth-order valence-corrected chi connectivity index (χ4v) is 2.89. The summed E-state index contributed by atoms with van der Waals surface area (Å²) in [4.78, 5) is 0. The highest BCUT2D eigenvalue weighted by molar-refractivity contribution is 5.31. The maximum Gasteiger partial charge on any atom is 0.119 e. The first-order valence-electron chi connectivity index (χ1n) is 7.90. The Hall–Kier alpha value is -1.26. The molecule has 1 fully saturated rings. The molecule has 0 radical (unpaired) electrons. The SMILES string of the molecule is CCCOc1ccc(OC2CCCC(CO)(NC)C2)cc1. The predicted molar refractivity (Wildman–Crippen MR) is 84.0 cm³/mol. The molecule has 1 aliphatic rings. The Balaban J connectivity index is 1.91. The zero-order valence-electron chi connectivity index (χ0n) is 13.1. The Labute approximate surface area is 127 Å². The molecule has 0 bridgehead atoms. The highest BCUT2D eigenvalue weighted by Crippen LogP contribution is 2.31. The van der Waals surface area contributed by atoms with E-state index in [2.05, 4.69) is 12.2 Å². The molecule has 2 N–H and O–H groups in total. The summed E-state index contributed by atoms with van der Waals surface area (Å²) < 4.78 is 11.6. The molecule has 0 saturated heterocycles. The van der Waals surface area contributed by atoms with E-state index in [9.17, 15) is 5.11 Å². The van der Waals surface area contributed by atoms with E-state index in [1.165, 1.54) is 0 Å². The Morgan fingerprint density at radius 3 is 2.62 bits per heavy atom. The van der Waals surface area contributed by atoms with Crippen molar-refractivity contribution in [1.82, 2.24) is 5.32 Å². The maximum atomic E-state index is 9.61. The first kappa shape index (κ1) is 16.1. The number of rotatable bonds is 7. The fourth-order valence-electron chi connectivity index (χ4n) is 2.89. The third-order valence-corrected chi connectivity index (χ3v) is 4.23. The van der Waals surface area contributed by atoms with E-state index in [0.29, 0.717) is 0 Å². The third kappa shape index (κ3) is 4.35. The number of hydrogen-bond donors (Lipinski definition) is 2. The van der Waals surface area contributed by atoms with Crippen molar-refractivity contribution in [2.75, 3.05) is 20.3 Å². The second-order valence-corrected chi connectivity index (χ2v) is 5.84. The minimum absolute atomic E-state index is 0.153. The van der Waals surface area contributed by atoms with Crippen molar-refractivity contribution < 1.29 is 14.6 Å². The van der Waals surface area contributed by atoms with Crippen molar-refractivity contribution >= 4 is 0 Å². The van der Waals surface area contributed by atoms with Gasteiger partial charge in [0, 0.05) is 12.0 Å². The highest BCUT2D eigenvalue weighted by atomic mass is 16.5. The van der Waals surface area contributed by atoms with Crippen molar-refractivity contribution in [3.05, 3.63) is 24.3 Å². The summed E-state index contributed by atoms with van der Waals surface area (Å²) in [5, 5.41) is 12.9. The predicted octanol–water partition coefficient (Wildman–Crippen LogP) is 2.75. The molecule has 2 rings (SSSR count). The Morgan fingerprint density at radius 2 is 2.00 bits per heavy atom. The van der Waals surface area contributed by atoms with Gasteiger partial charge in [-0.3, -0.25) is 0 Å². The van der Waals surface area contributed by atoms with Gasteiger partial charge in [-0.2, -0.15) is 0 Å². The van der Waals surface area contributed by atoms with Gasteiger partial charge in [0.1, 0.15) is 17.6 Å². The lowest BCUT2D eigenvalue weighted by atomic mass is 9.81. The highest BCUT2D eigenvalue weighted by Gasteiger charge is 2.35. The minimum atomic E-state index is -0.187. The second kappa shape index (κ2) is 7.66. The molecule has 1 aromatic carbocycles. The van der Waals surface area contributed by atoms with Crippen molar-refractivity contribution in [1.29, 1.82) is 0 Å². The van der Waals surface area contributed by atoms with Crippen LogP contribution in [0.1, 0.15) is 39.0 Å². The van der Waals surface area contributed by atoms with E-state index in [0.717, 1.165) is 50.2 Å². The number of aliphatic hydroxyl groups is 1. The molecular formula is C17H27NO3. The topological polar surface area (TPSA) is 50.7 Å². The monoisotopic (exact) mass is 293 g/mol. The van der Waals surface area contributed by atoms with Gasteiger partial charge in [0.05, 0.1) is 13.2 Å².